The molecule has 0 bridgehead atoms. The van der Waals surface area contributed by atoms with Crippen LogP contribution in [-0.2, 0) is 4.74 Å². The third-order valence-corrected chi connectivity index (χ3v) is 4.14. The zero-order chi connectivity index (χ0) is 15.3. The lowest BCUT2D eigenvalue weighted by molar-refractivity contribution is 0.0127. The summed E-state index contributed by atoms with van der Waals surface area (Å²) in [5.41, 5.74) is 5.48. The Hall–Kier alpha value is -1.52. The molecule has 0 fully saturated rings. The summed E-state index contributed by atoms with van der Waals surface area (Å²) in [6.45, 7) is 10.5. The number of allylic oxidation sites excluding steroid dienone is 1. The fraction of sp³-hybridized carbons (Fsp3) is 0.733. The van der Waals surface area contributed by atoms with Crippen molar-refractivity contribution >= 4 is 12.2 Å². The lowest BCUT2D eigenvalue weighted by atomic mass is 9.82. The Morgan fingerprint density at radius 2 is 2.25 bits per heavy atom. The van der Waals surface area contributed by atoms with E-state index in [1.807, 2.05) is 19.9 Å². The Morgan fingerprint density at radius 3 is 2.75 bits per heavy atom. The van der Waals surface area contributed by atoms with E-state index >= 15 is 0 Å². The highest BCUT2D eigenvalue weighted by molar-refractivity contribution is 5.75. The summed E-state index contributed by atoms with van der Waals surface area (Å²) < 4.78 is 6.04. The van der Waals surface area contributed by atoms with Gasteiger partial charge < -0.3 is 15.8 Å². The molecule has 1 heterocycles. The first-order valence-electron chi connectivity index (χ1n) is 7.34. The Morgan fingerprint density at radius 1 is 1.60 bits per heavy atom. The zero-order valence-corrected chi connectivity index (χ0v) is 13.2. The number of nitrogens with two attached hydrogens (primary N) is 1. The van der Waals surface area contributed by atoms with Gasteiger partial charge in [0.05, 0.1) is 11.8 Å². The monoisotopic (exact) mass is 280 g/mol. The second-order valence-corrected chi connectivity index (χ2v) is 5.59. The van der Waals surface area contributed by atoms with Gasteiger partial charge in [0.15, 0.2) is 5.96 Å². The van der Waals surface area contributed by atoms with E-state index in [-0.39, 0.29) is 24.1 Å². The summed E-state index contributed by atoms with van der Waals surface area (Å²) in [5.74, 6) is 1.77. The van der Waals surface area contributed by atoms with Crippen LogP contribution in [0.15, 0.2) is 16.8 Å². The molecule has 5 nitrogen and oxygen atoms in total. The van der Waals surface area contributed by atoms with E-state index in [0.717, 1.165) is 12.2 Å². The minimum Gasteiger partial charge on any atom is -0.493 e. The number of nitrogens with zero attached hydrogens (tertiary/aromatic N) is 1. The molecule has 5 heteroatoms. The molecule has 0 aromatic heterocycles. The number of rotatable bonds is 5. The molecule has 0 aromatic rings. The van der Waals surface area contributed by atoms with Crippen molar-refractivity contribution in [2.75, 3.05) is 0 Å². The zero-order valence-electron chi connectivity index (χ0n) is 13.2. The largest absolute Gasteiger partial charge is 0.493 e. The number of nitrogens with one attached hydrogen (secondary N) is 2. The van der Waals surface area contributed by atoms with E-state index in [9.17, 15) is 0 Å². The van der Waals surface area contributed by atoms with Crippen LogP contribution in [0.3, 0.4) is 0 Å². The normalized spacial score (nSPS) is 29.4. The maximum absolute atomic E-state index is 7.46. The highest BCUT2D eigenvalue weighted by Crippen LogP contribution is 2.30. The number of ether oxygens (including phenoxy) is 1. The smallest absolute Gasteiger partial charge is 0.186 e. The number of hydrogen-bond acceptors (Lipinski definition) is 3. The standard InChI is InChI=1S/C15H28N4O/c1-6-9(3)11(5)14-13(18-7-2)12(19-15(16)17)8-10(4)20-14/h7-9,11-14H,6H2,1-5H3,(H4,16,17,19)/t9-,11-,12+,13-,14+/m1/s1. The molecule has 114 valence electrons. The SMILES string of the molecule is CC=N[C@H]1[C@H]([C@H](C)[C@H](C)CC)OC(C)=C[C@@H]1NC(=N)N. The van der Waals surface area contributed by atoms with Crippen molar-refractivity contribution in [3.05, 3.63) is 11.8 Å². The number of hydrogen-bond donors (Lipinski definition) is 3. The van der Waals surface area contributed by atoms with E-state index in [4.69, 9.17) is 15.9 Å². The predicted octanol–water partition coefficient (Wildman–Crippen LogP) is 2.28. The lowest BCUT2D eigenvalue weighted by Gasteiger charge is -2.39. The van der Waals surface area contributed by atoms with Crippen LogP contribution in [0.2, 0.25) is 0 Å². The van der Waals surface area contributed by atoms with Gasteiger partial charge in [-0.05, 0) is 38.0 Å². The maximum Gasteiger partial charge on any atom is 0.186 e. The fourth-order valence-electron chi connectivity index (χ4n) is 2.65. The molecule has 4 N–H and O–H groups in total. The van der Waals surface area contributed by atoms with E-state index in [0.29, 0.717) is 11.8 Å². The highest BCUT2D eigenvalue weighted by Gasteiger charge is 2.38. The molecule has 20 heavy (non-hydrogen) atoms. The van der Waals surface area contributed by atoms with Crippen molar-refractivity contribution in [3.8, 4) is 0 Å². The van der Waals surface area contributed by atoms with Crippen LogP contribution >= 0.6 is 0 Å². The Bertz CT molecular complexity index is 391. The first-order chi connectivity index (χ1) is 9.40. The Kier molecular flexibility index (Phi) is 6.05. The summed E-state index contributed by atoms with van der Waals surface area (Å²) >= 11 is 0. The molecule has 1 aliphatic heterocycles. The third kappa shape index (κ3) is 3.99. The second-order valence-electron chi connectivity index (χ2n) is 5.59. The average Bonchev–Trinajstić information content (AvgIpc) is 2.39. The molecule has 5 atom stereocenters. The van der Waals surface area contributed by atoms with E-state index in [1.165, 1.54) is 0 Å². The summed E-state index contributed by atoms with van der Waals surface area (Å²) in [7, 11) is 0. The highest BCUT2D eigenvalue weighted by atomic mass is 16.5. The van der Waals surface area contributed by atoms with E-state index < -0.39 is 0 Å². The molecule has 1 aliphatic rings. The van der Waals surface area contributed by atoms with Crippen LogP contribution in [0.25, 0.3) is 0 Å². The quantitative estimate of drug-likeness (QED) is 0.533. The van der Waals surface area contributed by atoms with Gasteiger partial charge in [-0.3, -0.25) is 10.4 Å². The van der Waals surface area contributed by atoms with Crippen LogP contribution in [0.4, 0.5) is 0 Å². The first kappa shape index (κ1) is 16.5. The van der Waals surface area contributed by atoms with Crippen molar-refractivity contribution in [1.82, 2.24) is 5.32 Å². The molecule has 1 rings (SSSR count). The summed E-state index contributed by atoms with van der Waals surface area (Å²) in [4.78, 5) is 4.56. The average molecular weight is 280 g/mol. The first-order valence-corrected chi connectivity index (χ1v) is 7.34. The van der Waals surface area contributed by atoms with Crippen LogP contribution in [0.5, 0.6) is 0 Å². The van der Waals surface area contributed by atoms with Crippen molar-refractivity contribution in [2.24, 2.45) is 22.6 Å². The lowest BCUT2D eigenvalue weighted by Crippen LogP contribution is -2.53. The van der Waals surface area contributed by atoms with Gasteiger partial charge in [0.1, 0.15) is 12.1 Å². The molecule has 0 aliphatic carbocycles. The number of aliphatic imine (C=N–C) groups is 1. The fourth-order valence-corrected chi connectivity index (χ4v) is 2.65. The molecule has 0 spiro atoms. The van der Waals surface area contributed by atoms with Crippen molar-refractivity contribution in [3.63, 3.8) is 0 Å². The summed E-state index contributed by atoms with van der Waals surface area (Å²) in [6.07, 6.45) is 4.87. The van der Waals surface area contributed by atoms with Crippen molar-refractivity contribution < 1.29 is 4.74 Å². The molecule has 0 saturated carbocycles. The van der Waals surface area contributed by atoms with Crippen LogP contribution in [0, 0.1) is 17.2 Å². The second kappa shape index (κ2) is 7.31. The summed E-state index contributed by atoms with van der Waals surface area (Å²) in [5, 5.41) is 10.4. The van der Waals surface area contributed by atoms with Gasteiger partial charge in [-0.25, -0.2) is 0 Å². The van der Waals surface area contributed by atoms with Gasteiger partial charge in [-0.2, -0.15) is 0 Å². The minimum atomic E-state index is -0.0889. The van der Waals surface area contributed by atoms with Crippen molar-refractivity contribution in [2.45, 2.75) is 59.2 Å². The van der Waals surface area contributed by atoms with Gasteiger partial charge in [-0.1, -0.05) is 27.2 Å². The van der Waals surface area contributed by atoms with Gasteiger partial charge in [-0.15, -0.1) is 0 Å². The van der Waals surface area contributed by atoms with Gasteiger partial charge >= 0.3 is 0 Å². The molecule has 0 amide bonds. The maximum atomic E-state index is 7.46. The van der Waals surface area contributed by atoms with Crippen LogP contribution in [0.1, 0.15) is 41.0 Å². The predicted molar refractivity (Wildman–Crippen MR) is 84.0 cm³/mol. The minimum absolute atomic E-state index is 0.00278. The summed E-state index contributed by atoms with van der Waals surface area (Å²) in [6, 6.07) is -0.148. The molecule has 0 unspecified atom stereocenters. The van der Waals surface area contributed by atoms with Gasteiger partial charge in [0.2, 0.25) is 0 Å². The van der Waals surface area contributed by atoms with Gasteiger partial charge in [0.25, 0.3) is 0 Å². The van der Waals surface area contributed by atoms with Gasteiger partial charge in [0, 0.05) is 0 Å². The van der Waals surface area contributed by atoms with E-state index in [1.54, 1.807) is 6.21 Å². The number of guanidine groups is 1. The van der Waals surface area contributed by atoms with Crippen LogP contribution in [-0.4, -0.2) is 30.4 Å². The molecular weight excluding hydrogens is 252 g/mol. The topological polar surface area (TPSA) is 83.5 Å². The Labute approximate surface area is 122 Å². The van der Waals surface area contributed by atoms with Crippen molar-refractivity contribution in [1.29, 1.82) is 5.41 Å². The molecule has 0 aromatic carbocycles. The third-order valence-electron chi connectivity index (χ3n) is 4.14. The Balaban J connectivity index is 3.03. The molecular formula is C15H28N4O. The van der Waals surface area contributed by atoms with E-state index in [2.05, 4.69) is 31.1 Å². The molecule has 0 radical (unpaired) electrons. The molecule has 0 saturated heterocycles. The van der Waals surface area contributed by atoms with Crippen LogP contribution < -0.4 is 11.1 Å².